The highest BCUT2D eigenvalue weighted by atomic mass is 16.3. The van der Waals surface area contributed by atoms with Gasteiger partial charge in [0, 0.05) is 5.56 Å². The van der Waals surface area contributed by atoms with Crippen LogP contribution in [0.3, 0.4) is 0 Å². The molecule has 0 heterocycles. The molecule has 0 fully saturated rings. The summed E-state index contributed by atoms with van der Waals surface area (Å²) in [4.78, 5) is 0. The van der Waals surface area contributed by atoms with Gasteiger partial charge >= 0.3 is 0 Å². The summed E-state index contributed by atoms with van der Waals surface area (Å²) in [7, 11) is 0. The average molecular weight is 145 g/mol. The van der Waals surface area contributed by atoms with Crippen molar-refractivity contribution >= 4 is 5.76 Å². The second kappa shape index (κ2) is 3.43. The lowest BCUT2D eigenvalue weighted by molar-refractivity contribution is 0.512. The highest BCUT2D eigenvalue weighted by Crippen LogP contribution is 2.08. The van der Waals surface area contributed by atoms with Crippen LogP contribution in [0.25, 0.3) is 5.76 Å². The summed E-state index contributed by atoms with van der Waals surface area (Å²) in [6.45, 7) is 0. The van der Waals surface area contributed by atoms with E-state index in [0.717, 1.165) is 6.08 Å². The third-order valence-electron chi connectivity index (χ3n) is 1.27. The van der Waals surface area contributed by atoms with Crippen molar-refractivity contribution in [1.29, 1.82) is 5.26 Å². The lowest BCUT2D eigenvalue weighted by atomic mass is 10.2. The maximum absolute atomic E-state index is 9.16. The molecule has 0 saturated heterocycles. The zero-order valence-electron chi connectivity index (χ0n) is 5.86. The number of allylic oxidation sites excluding steroid dienone is 1. The minimum absolute atomic E-state index is 0.00750. The first-order chi connectivity index (χ1) is 5.34. The maximum atomic E-state index is 9.16. The molecule has 1 N–H and O–H groups in total. The highest BCUT2D eigenvalue weighted by molar-refractivity contribution is 5.60. The number of aliphatic hydroxyl groups is 1. The van der Waals surface area contributed by atoms with Gasteiger partial charge in [-0.25, -0.2) is 0 Å². The third-order valence-corrected chi connectivity index (χ3v) is 1.27. The minimum Gasteiger partial charge on any atom is -0.507 e. The predicted molar refractivity (Wildman–Crippen MR) is 42.7 cm³/mol. The Labute approximate surface area is 65.0 Å². The van der Waals surface area contributed by atoms with Gasteiger partial charge in [-0.15, -0.1) is 0 Å². The zero-order chi connectivity index (χ0) is 8.10. The van der Waals surface area contributed by atoms with Crippen LogP contribution in [0, 0.1) is 11.3 Å². The van der Waals surface area contributed by atoms with E-state index in [1.54, 1.807) is 30.3 Å². The SMILES string of the molecule is N#C/C=C(/O)c1ccccc1. The summed E-state index contributed by atoms with van der Waals surface area (Å²) in [5, 5.41) is 17.4. The fourth-order valence-electron chi connectivity index (χ4n) is 0.753. The fourth-order valence-corrected chi connectivity index (χ4v) is 0.753. The molecule has 0 amide bonds. The average Bonchev–Trinajstić information content (AvgIpc) is 2.07. The molecule has 54 valence electrons. The van der Waals surface area contributed by atoms with Crippen LogP contribution in [0.5, 0.6) is 0 Å². The van der Waals surface area contributed by atoms with Crippen LogP contribution in [0.4, 0.5) is 0 Å². The van der Waals surface area contributed by atoms with E-state index in [2.05, 4.69) is 0 Å². The van der Waals surface area contributed by atoms with E-state index in [1.807, 2.05) is 6.07 Å². The molecule has 2 heteroatoms. The Bertz CT molecular complexity index is 295. The van der Waals surface area contributed by atoms with Crippen LogP contribution in [-0.2, 0) is 0 Å². The molecule has 1 rings (SSSR count). The van der Waals surface area contributed by atoms with E-state index in [9.17, 15) is 0 Å². The Morgan fingerprint density at radius 2 is 2.00 bits per heavy atom. The smallest absolute Gasteiger partial charge is 0.133 e. The van der Waals surface area contributed by atoms with Gasteiger partial charge in [-0.3, -0.25) is 0 Å². The molecule has 0 bridgehead atoms. The molecule has 0 radical (unpaired) electrons. The van der Waals surface area contributed by atoms with Gasteiger partial charge in [-0.1, -0.05) is 30.3 Å². The first kappa shape index (κ1) is 7.36. The lowest BCUT2D eigenvalue weighted by Crippen LogP contribution is -1.79. The molecule has 0 saturated carbocycles. The lowest BCUT2D eigenvalue weighted by Gasteiger charge is -1.94. The van der Waals surface area contributed by atoms with Crippen LogP contribution in [0.2, 0.25) is 0 Å². The van der Waals surface area contributed by atoms with Crippen LogP contribution >= 0.6 is 0 Å². The molecule has 0 aliphatic heterocycles. The Balaban J connectivity index is 2.96. The van der Waals surface area contributed by atoms with Crippen LogP contribution in [0.1, 0.15) is 5.56 Å². The third kappa shape index (κ3) is 1.84. The molecule has 0 aliphatic carbocycles. The van der Waals surface area contributed by atoms with Crippen LogP contribution in [0.15, 0.2) is 36.4 Å². The van der Waals surface area contributed by atoms with E-state index in [4.69, 9.17) is 10.4 Å². The van der Waals surface area contributed by atoms with E-state index >= 15 is 0 Å². The van der Waals surface area contributed by atoms with E-state index < -0.39 is 0 Å². The molecule has 0 unspecified atom stereocenters. The number of aliphatic hydroxyl groups excluding tert-OH is 1. The Hall–Kier alpha value is -1.75. The summed E-state index contributed by atoms with van der Waals surface area (Å²) in [6, 6.07) is 10.7. The van der Waals surface area contributed by atoms with Gasteiger partial charge in [0.25, 0.3) is 0 Å². The summed E-state index contributed by atoms with van der Waals surface area (Å²) in [6.07, 6.45) is 1.11. The topological polar surface area (TPSA) is 44.0 Å². The summed E-state index contributed by atoms with van der Waals surface area (Å²) in [5.74, 6) is 0.00750. The molecule has 0 aliphatic rings. The number of nitrogens with zero attached hydrogens (tertiary/aromatic N) is 1. The maximum Gasteiger partial charge on any atom is 0.133 e. The van der Waals surface area contributed by atoms with E-state index in [-0.39, 0.29) is 5.76 Å². The van der Waals surface area contributed by atoms with Crippen molar-refractivity contribution in [2.24, 2.45) is 0 Å². The molecule has 1 aromatic rings. The minimum atomic E-state index is 0.00750. The molecule has 1 aromatic carbocycles. The van der Waals surface area contributed by atoms with Gasteiger partial charge in [-0.05, 0) is 0 Å². The van der Waals surface area contributed by atoms with Gasteiger partial charge in [0.1, 0.15) is 5.76 Å². The second-order valence-corrected chi connectivity index (χ2v) is 2.02. The van der Waals surface area contributed by atoms with Gasteiger partial charge in [0.15, 0.2) is 0 Å². The van der Waals surface area contributed by atoms with Crippen molar-refractivity contribution < 1.29 is 5.11 Å². The molecule has 0 spiro atoms. The monoisotopic (exact) mass is 145 g/mol. The number of hydrogen-bond acceptors (Lipinski definition) is 2. The largest absolute Gasteiger partial charge is 0.507 e. The van der Waals surface area contributed by atoms with Crippen molar-refractivity contribution in [1.82, 2.24) is 0 Å². The molecule has 0 aromatic heterocycles. The van der Waals surface area contributed by atoms with Crippen molar-refractivity contribution in [2.45, 2.75) is 0 Å². The number of benzene rings is 1. The molecule has 0 atom stereocenters. The Morgan fingerprint density at radius 3 is 2.55 bits per heavy atom. The quantitative estimate of drug-likeness (QED) is 0.485. The summed E-state index contributed by atoms with van der Waals surface area (Å²) >= 11 is 0. The normalized spacial score (nSPS) is 10.6. The Morgan fingerprint density at radius 1 is 1.36 bits per heavy atom. The predicted octanol–water partition coefficient (Wildman–Crippen LogP) is 2.11. The first-order valence-corrected chi connectivity index (χ1v) is 3.19. The number of hydrogen-bond donors (Lipinski definition) is 1. The summed E-state index contributed by atoms with van der Waals surface area (Å²) in [5.41, 5.74) is 0.661. The van der Waals surface area contributed by atoms with Gasteiger partial charge in [0.05, 0.1) is 12.1 Å². The summed E-state index contributed by atoms with van der Waals surface area (Å²) < 4.78 is 0. The zero-order valence-corrected chi connectivity index (χ0v) is 5.86. The van der Waals surface area contributed by atoms with Gasteiger partial charge in [0.2, 0.25) is 0 Å². The van der Waals surface area contributed by atoms with Gasteiger partial charge in [-0.2, -0.15) is 5.26 Å². The van der Waals surface area contributed by atoms with Crippen molar-refractivity contribution in [2.75, 3.05) is 0 Å². The van der Waals surface area contributed by atoms with Crippen LogP contribution < -0.4 is 0 Å². The van der Waals surface area contributed by atoms with Gasteiger partial charge < -0.3 is 5.11 Å². The van der Waals surface area contributed by atoms with Crippen molar-refractivity contribution in [3.05, 3.63) is 42.0 Å². The molecule has 11 heavy (non-hydrogen) atoms. The first-order valence-electron chi connectivity index (χ1n) is 3.19. The molecule has 2 nitrogen and oxygen atoms in total. The number of nitriles is 1. The van der Waals surface area contributed by atoms with Crippen molar-refractivity contribution in [3.8, 4) is 6.07 Å². The number of rotatable bonds is 1. The van der Waals surface area contributed by atoms with Crippen molar-refractivity contribution in [3.63, 3.8) is 0 Å². The standard InChI is InChI=1S/C9H7NO/c10-7-6-9(11)8-4-2-1-3-5-8/h1-6,11H/b9-6+. The Kier molecular flexibility index (Phi) is 2.29. The second-order valence-electron chi connectivity index (χ2n) is 2.02. The fraction of sp³-hybridized carbons (Fsp3) is 0. The van der Waals surface area contributed by atoms with Crippen LogP contribution in [-0.4, -0.2) is 5.11 Å². The van der Waals surface area contributed by atoms with E-state index in [0.29, 0.717) is 5.56 Å². The van der Waals surface area contributed by atoms with E-state index in [1.165, 1.54) is 0 Å². The molecular weight excluding hydrogens is 138 g/mol. The molecular formula is C9H7NO. The highest BCUT2D eigenvalue weighted by Gasteiger charge is 1.93.